The zero-order valence-corrected chi connectivity index (χ0v) is 18.4. The van der Waals surface area contributed by atoms with Crippen LogP contribution in [-0.4, -0.2) is 40.8 Å². The average Bonchev–Trinajstić information content (AvgIpc) is 3.11. The van der Waals surface area contributed by atoms with Crippen molar-refractivity contribution in [3.8, 4) is 16.9 Å². The fraction of sp³-hybridized carbons (Fsp3) is 0.192. The highest BCUT2D eigenvalue weighted by Crippen LogP contribution is 2.44. The fourth-order valence-electron chi connectivity index (χ4n) is 4.17. The Balaban J connectivity index is 1.30. The Morgan fingerprint density at radius 2 is 1.59 bits per heavy atom. The summed E-state index contributed by atoms with van der Waals surface area (Å²) in [5.74, 6) is -2.18. The number of phenols is 1. The summed E-state index contributed by atoms with van der Waals surface area (Å²) in [5, 5.41) is 23.9. The zero-order chi connectivity index (χ0) is 24.2. The number of carboxylic acids is 1. The predicted molar refractivity (Wildman–Crippen MR) is 126 cm³/mol. The van der Waals surface area contributed by atoms with Gasteiger partial charge < -0.3 is 25.6 Å². The minimum absolute atomic E-state index is 0.0361. The molecule has 1 atom stereocenters. The van der Waals surface area contributed by atoms with E-state index in [-0.39, 0.29) is 30.2 Å². The molecule has 1 aliphatic rings. The molecule has 0 aromatic heterocycles. The third kappa shape index (κ3) is 4.85. The normalized spacial score (nSPS) is 12.9. The molecular formula is C26H24N2O6. The summed E-state index contributed by atoms with van der Waals surface area (Å²) in [5.41, 5.74) is 4.49. The number of carbonyl (C=O) groups excluding carboxylic acids is 2. The quantitative estimate of drug-likeness (QED) is 0.416. The number of hydrogen-bond acceptors (Lipinski definition) is 5. The van der Waals surface area contributed by atoms with Gasteiger partial charge in [-0.2, -0.15) is 0 Å². The smallest absolute Gasteiger partial charge is 0.407 e. The molecule has 0 bridgehead atoms. The Bertz CT molecular complexity index is 1210. The number of alkyl carbamates (subject to hydrolysis) is 1. The Kier molecular flexibility index (Phi) is 6.49. The molecule has 3 aromatic rings. The number of amides is 2. The Morgan fingerprint density at radius 3 is 2.18 bits per heavy atom. The van der Waals surface area contributed by atoms with Gasteiger partial charge in [-0.15, -0.1) is 0 Å². The molecule has 1 aliphatic carbocycles. The van der Waals surface area contributed by atoms with E-state index in [1.807, 2.05) is 36.4 Å². The summed E-state index contributed by atoms with van der Waals surface area (Å²) in [6.45, 7) is 1.85. The third-order valence-corrected chi connectivity index (χ3v) is 5.71. The number of carbonyl (C=O) groups is 3. The lowest BCUT2D eigenvalue weighted by Crippen LogP contribution is -2.36. The van der Waals surface area contributed by atoms with Gasteiger partial charge in [0.25, 0.3) is 0 Å². The SMILES string of the molecule is C[C@@H](CC(=O)Nc1ccc(C(=O)O)c(O)c1)NC(=O)OCC1c2ccccc2-c2ccccc21. The van der Waals surface area contributed by atoms with Crippen LogP contribution in [0.15, 0.2) is 66.7 Å². The number of aromatic carboxylic acids is 1. The molecule has 0 saturated carbocycles. The first-order chi connectivity index (χ1) is 16.3. The molecule has 3 aromatic carbocycles. The lowest BCUT2D eigenvalue weighted by Gasteiger charge is -2.17. The van der Waals surface area contributed by atoms with Crippen LogP contribution in [0, 0.1) is 0 Å². The largest absolute Gasteiger partial charge is 0.507 e. The van der Waals surface area contributed by atoms with Crippen LogP contribution < -0.4 is 10.6 Å². The maximum Gasteiger partial charge on any atom is 0.407 e. The first-order valence-electron chi connectivity index (χ1n) is 10.8. The molecule has 0 aliphatic heterocycles. The monoisotopic (exact) mass is 460 g/mol. The topological polar surface area (TPSA) is 125 Å². The second kappa shape index (κ2) is 9.66. The van der Waals surface area contributed by atoms with Gasteiger partial charge in [-0.1, -0.05) is 48.5 Å². The molecule has 174 valence electrons. The molecular weight excluding hydrogens is 436 g/mol. The molecule has 34 heavy (non-hydrogen) atoms. The number of ether oxygens (including phenoxy) is 1. The number of hydrogen-bond donors (Lipinski definition) is 4. The van der Waals surface area contributed by atoms with E-state index in [1.54, 1.807) is 6.92 Å². The molecule has 4 rings (SSSR count). The highest BCUT2D eigenvalue weighted by atomic mass is 16.5. The predicted octanol–water partition coefficient (Wildman–Crippen LogP) is 4.35. The molecule has 0 fully saturated rings. The fourth-order valence-corrected chi connectivity index (χ4v) is 4.17. The molecule has 0 saturated heterocycles. The Hall–Kier alpha value is -4.33. The summed E-state index contributed by atoms with van der Waals surface area (Å²) in [6.07, 6.45) is -0.656. The summed E-state index contributed by atoms with van der Waals surface area (Å²) in [4.78, 5) is 35.6. The van der Waals surface area contributed by atoms with Crippen molar-refractivity contribution in [2.24, 2.45) is 0 Å². The van der Waals surface area contributed by atoms with Gasteiger partial charge in [-0.25, -0.2) is 9.59 Å². The number of rotatable bonds is 7. The van der Waals surface area contributed by atoms with Gasteiger partial charge in [0, 0.05) is 30.1 Å². The van der Waals surface area contributed by atoms with Crippen molar-refractivity contribution in [1.29, 1.82) is 0 Å². The third-order valence-electron chi connectivity index (χ3n) is 5.71. The van der Waals surface area contributed by atoms with Crippen LogP contribution in [0.2, 0.25) is 0 Å². The van der Waals surface area contributed by atoms with Crippen LogP contribution in [0.1, 0.15) is 40.7 Å². The first-order valence-corrected chi connectivity index (χ1v) is 10.8. The molecule has 0 radical (unpaired) electrons. The Morgan fingerprint density at radius 1 is 0.971 bits per heavy atom. The summed E-state index contributed by atoms with van der Waals surface area (Å²) < 4.78 is 5.49. The summed E-state index contributed by atoms with van der Waals surface area (Å²) in [7, 11) is 0. The lowest BCUT2D eigenvalue weighted by molar-refractivity contribution is -0.116. The molecule has 0 heterocycles. The standard InChI is InChI=1S/C26H24N2O6/c1-15(12-24(30)28-16-10-11-21(25(31)32)23(29)13-16)27-26(33)34-14-22-19-8-4-2-6-17(19)18-7-3-5-9-20(18)22/h2-11,13,15,22,29H,12,14H2,1H3,(H,27,33)(H,28,30)(H,31,32)/t15-/m0/s1. The Labute approximate surface area is 196 Å². The minimum Gasteiger partial charge on any atom is -0.507 e. The van der Waals surface area contributed by atoms with Crippen LogP contribution in [0.3, 0.4) is 0 Å². The second-order valence-electron chi connectivity index (χ2n) is 8.16. The van der Waals surface area contributed by atoms with Gasteiger partial charge in [0.1, 0.15) is 17.9 Å². The maximum atomic E-state index is 12.4. The van der Waals surface area contributed by atoms with Crippen LogP contribution in [0.5, 0.6) is 5.75 Å². The van der Waals surface area contributed by atoms with Crippen molar-refractivity contribution in [3.63, 3.8) is 0 Å². The van der Waals surface area contributed by atoms with E-state index in [0.717, 1.165) is 28.3 Å². The van der Waals surface area contributed by atoms with Gasteiger partial charge >= 0.3 is 12.1 Å². The number of carboxylic acid groups (broad SMARTS) is 1. The van der Waals surface area contributed by atoms with Crippen LogP contribution in [0.4, 0.5) is 10.5 Å². The van der Waals surface area contributed by atoms with Gasteiger partial charge in [0.05, 0.1) is 0 Å². The van der Waals surface area contributed by atoms with Crippen molar-refractivity contribution < 1.29 is 29.3 Å². The van der Waals surface area contributed by atoms with Crippen molar-refractivity contribution in [2.45, 2.75) is 25.3 Å². The molecule has 2 amide bonds. The molecule has 8 nitrogen and oxygen atoms in total. The minimum atomic E-state index is -1.27. The van der Waals surface area contributed by atoms with Gasteiger partial charge in [0.15, 0.2) is 0 Å². The van der Waals surface area contributed by atoms with E-state index in [0.29, 0.717) is 0 Å². The highest BCUT2D eigenvalue weighted by molar-refractivity contribution is 5.94. The van der Waals surface area contributed by atoms with E-state index in [1.165, 1.54) is 12.1 Å². The van der Waals surface area contributed by atoms with Gasteiger partial charge in [-0.3, -0.25) is 4.79 Å². The van der Waals surface area contributed by atoms with Crippen molar-refractivity contribution in [3.05, 3.63) is 83.4 Å². The van der Waals surface area contributed by atoms with E-state index >= 15 is 0 Å². The molecule has 0 spiro atoms. The number of benzene rings is 3. The van der Waals surface area contributed by atoms with Gasteiger partial charge in [0.2, 0.25) is 5.91 Å². The van der Waals surface area contributed by atoms with E-state index in [4.69, 9.17) is 9.84 Å². The molecule has 8 heteroatoms. The van der Waals surface area contributed by atoms with E-state index in [2.05, 4.69) is 22.8 Å². The second-order valence-corrected chi connectivity index (χ2v) is 8.16. The zero-order valence-electron chi connectivity index (χ0n) is 18.4. The number of anilines is 1. The number of nitrogens with one attached hydrogen (secondary N) is 2. The van der Waals surface area contributed by atoms with Crippen molar-refractivity contribution in [1.82, 2.24) is 5.32 Å². The van der Waals surface area contributed by atoms with Crippen molar-refractivity contribution in [2.75, 3.05) is 11.9 Å². The van der Waals surface area contributed by atoms with Crippen LogP contribution in [-0.2, 0) is 9.53 Å². The maximum absolute atomic E-state index is 12.4. The highest BCUT2D eigenvalue weighted by Gasteiger charge is 2.29. The molecule has 4 N–H and O–H groups in total. The van der Waals surface area contributed by atoms with E-state index in [9.17, 15) is 19.5 Å². The average molecular weight is 460 g/mol. The number of aromatic hydroxyl groups is 1. The lowest BCUT2D eigenvalue weighted by atomic mass is 9.98. The van der Waals surface area contributed by atoms with Crippen LogP contribution in [0.25, 0.3) is 11.1 Å². The van der Waals surface area contributed by atoms with Crippen LogP contribution >= 0.6 is 0 Å². The van der Waals surface area contributed by atoms with Crippen molar-refractivity contribution >= 4 is 23.7 Å². The summed E-state index contributed by atoms with van der Waals surface area (Å²) >= 11 is 0. The van der Waals surface area contributed by atoms with E-state index < -0.39 is 29.8 Å². The summed E-state index contributed by atoms with van der Waals surface area (Å²) in [6, 6.07) is 19.3. The molecule has 0 unspecified atom stereocenters. The first kappa shape index (κ1) is 22.8. The number of fused-ring (bicyclic) bond motifs is 3. The van der Waals surface area contributed by atoms with Gasteiger partial charge in [-0.05, 0) is 41.3 Å².